The van der Waals surface area contributed by atoms with Crippen LogP contribution in [0.25, 0.3) is 0 Å². The molecule has 0 heterocycles. The SMILES string of the molecule is CC(C)C(NC(=O)OC(C)(C)C)C(=O)OC[CH]C(C)(C)C. The van der Waals surface area contributed by atoms with Crippen molar-refractivity contribution >= 4 is 12.1 Å². The van der Waals surface area contributed by atoms with Crippen molar-refractivity contribution in [3.05, 3.63) is 6.42 Å². The average Bonchev–Trinajstić information content (AvgIpc) is 2.20. The van der Waals surface area contributed by atoms with Crippen LogP contribution in [0.1, 0.15) is 55.4 Å². The van der Waals surface area contributed by atoms with Crippen molar-refractivity contribution in [3.8, 4) is 0 Å². The number of carbonyl (C=O) groups is 2. The first kappa shape index (κ1) is 19.7. The Bertz CT molecular complexity index is 350. The van der Waals surface area contributed by atoms with Gasteiger partial charge in [0.25, 0.3) is 0 Å². The van der Waals surface area contributed by atoms with Crippen LogP contribution in [0.3, 0.4) is 0 Å². The lowest BCUT2D eigenvalue weighted by molar-refractivity contribution is -0.146. The van der Waals surface area contributed by atoms with Gasteiger partial charge < -0.3 is 14.8 Å². The fourth-order valence-electron chi connectivity index (χ4n) is 1.40. The average molecular weight is 300 g/mol. The van der Waals surface area contributed by atoms with Crippen LogP contribution in [0.5, 0.6) is 0 Å². The van der Waals surface area contributed by atoms with Crippen LogP contribution in [-0.2, 0) is 14.3 Å². The molecule has 0 saturated heterocycles. The number of alkyl carbamates (subject to hydrolysis) is 1. The summed E-state index contributed by atoms with van der Waals surface area (Å²) in [7, 11) is 0. The summed E-state index contributed by atoms with van der Waals surface area (Å²) in [4.78, 5) is 23.8. The molecule has 1 unspecified atom stereocenters. The molecule has 0 aliphatic rings. The normalized spacial score (nSPS) is 13.8. The highest BCUT2D eigenvalue weighted by Crippen LogP contribution is 2.17. The van der Waals surface area contributed by atoms with Gasteiger partial charge in [0.2, 0.25) is 0 Å². The summed E-state index contributed by atoms with van der Waals surface area (Å²) in [5.41, 5.74) is -0.623. The van der Waals surface area contributed by atoms with E-state index in [1.807, 2.05) is 41.0 Å². The zero-order valence-corrected chi connectivity index (χ0v) is 14.6. The quantitative estimate of drug-likeness (QED) is 0.791. The lowest BCUT2D eigenvalue weighted by atomic mass is 9.93. The van der Waals surface area contributed by atoms with Crippen LogP contribution in [0.4, 0.5) is 4.79 Å². The maximum absolute atomic E-state index is 12.1. The molecule has 0 bridgehead atoms. The number of amides is 1. The molecule has 0 rings (SSSR count). The van der Waals surface area contributed by atoms with E-state index < -0.39 is 23.7 Å². The number of ether oxygens (including phenoxy) is 2. The van der Waals surface area contributed by atoms with Gasteiger partial charge in [-0.1, -0.05) is 34.6 Å². The minimum atomic E-state index is -0.715. The minimum absolute atomic E-state index is 0.0216. The van der Waals surface area contributed by atoms with Crippen LogP contribution >= 0.6 is 0 Å². The van der Waals surface area contributed by atoms with E-state index in [0.717, 1.165) is 0 Å². The first-order valence-corrected chi connectivity index (χ1v) is 7.32. The summed E-state index contributed by atoms with van der Waals surface area (Å²) in [6.45, 7) is 15.3. The monoisotopic (exact) mass is 300 g/mol. The van der Waals surface area contributed by atoms with Crippen LogP contribution in [0, 0.1) is 17.8 Å². The molecule has 0 aliphatic carbocycles. The van der Waals surface area contributed by atoms with Crippen LogP contribution in [0.2, 0.25) is 0 Å². The molecule has 21 heavy (non-hydrogen) atoms. The number of rotatable bonds is 5. The molecule has 0 saturated carbocycles. The fourth-order valence-corrected chi connectivity index (χ4v) is 1.40. The summed E-state index contributed by atoms with van der Waals surface area (Å²) in [6.07, 6.45) is 1.30. The Hall–Kier alpha value is -1.26. The molecule has 0 fully saturated rings. The third-order valence-corrected chi connectivity index (χ3v) is 2.51. The molecule has 0 aliphatic heterocycles. The minimum Gasteiger partial charge on any atom is -0.464 e. The summed E-state index contributed by atoms with van der Waals surface area (Å²) < 4.78 is 10.4. The Morgan fingerprint density at radius 1 is 1.10 bits per heavy atom. The molecule has 0 aromatic carbocycles. The van der Waals surface area contributed by atoms with E-state index in [2.05, 4.69) is 5.32 Å². The van der Waals surface area contributed by atoms with Gasteiger partial charge in [-0.25, -0.2) is 9.59 Å². The van der Waals surface area contributed by atoms with Gasteiger partial charge in [-0.05, 0) is 32.1 Å². The van der Waals surface area contributed by atoms with Gasteiger partial charge in [0.15, 0.2) is 0 Å². The highest BCUT2D eigenvalue weighted by molar-refractivity contribution is 5.81. The molecular formula is C16H30NO4. The van der Waals surface area contributed by atoms with Gasteiger partial charge in [0, 0.05) is 6.42 Å². The van der Waals surface area contributed by atoms with E-state index in [1.54, 1.807) is 20.8 Å². The molecular weight excluding hydrogens is 270 g/mol. The molecule has 0 spiro atoms. The van der Waals surface area contributed by atoms with Crippen molar-refractivity contribution < 1.29 is 19.1 Å². The molecule has 1 atom stereocenters. The zero-order valence-electron chi connectivity index (χ0n) is 14.6. The molecule has 5 heteroatoms. The van der Waals surface area contributed by atoms with Gasteiger partial charge in [0.1, 0.15) is 11.6 Å². The molecule has 1 radical (unpaired) electrons. The third-order valence-electron chi connectivity index (χ3n) is 2.51. The number of esters is 1. The van der Waals surface area contributed by atoms with E-state index in [-0.39, 0.29) is 17.9 Å². The molecule has 123 valence electrons. The smallest absolute Gasteiger partial charge is 0.408 e. The van der Waals surface area contributed by atoms with Gasteiger partial charge >= 0.3 is 12.1 Å². The second-order valence-corrected chi connectivity index (χ2v) is 7.57. The second kappa shape index (κ2) is 7.66. The largest absolute Gasteiger partial charge is 0.464 e. The summed E-state index contributed by atoms with van der Waals surface area (Å²) in [5.74, 6) is -0.531. The molecule has 0 aromatic rings. The fraction of sp³-hybridized carbons (Fsp3) is 0.812. The Morgan fingerprint density at radius 3 is 2.00 bits per heavy atom. The Balaban J connectivity index is 4.48. The summed E-state index contributed by atoms with van der Waals surface area (Å²) in [5, 5.41) is 2.57. The highest BCUT2D eigenvalue weighted by Gasteiger charge is 2.28. The van der Waals surface area contributed by atoms with E-state index in [0.29, 0.717) is 0 Å². The molecule has 1 N–H and O–H groups in total. The first-order chi connectivity index (χ1) is 9.32. The van der Waals surface area contributed by atoms with Crippen LogP contribution in [-0.4, -0.2) is 30.3 Å². The summed E-state index contributed by atoms with van der Waals surface area (Å²) in [6, 6.07) is -0.715. The van der Waals surface area contributed by atoms with Gasteiger partial charge in [-0.3, -0.25) is 0 Å². The lowest BCUT2D eigenvalue weighted by Gasteiger charge is -2.25. The topological polar surface area (TPSA) is 64.6 Å². The van der Waals surface area contributed by atoms with Crippen molar-refractivity contribution in [3.63, 3.8) is 0 Å². The summed E-state index contributed by atoms with van der Waals surface area (Å²) >= 11 is 0. The number of carbonyl (C=O) groups excluding carboxylic acids is 2. The lowest BCUT2D eigenvalue weighted by Crippen LogP contribution is -2.47. The first-order valence-electron chi connectivity index (χ1n) is 7.32. The van der Waals surface area contributed by atoms with Gasteiger partial charge in [-0.2, -0.15) is 0 Å². The van der Waals surface area contributed by atoms with E-state index in [1.165, 1.54) is 0 Å². The van der Waals surface area contributed by atoms with Crippen LogP contribution < -0.4 is 5.32 Å². The van der Waals surface area contributed by atoms with Crippen molar-refractivity contribution in [1.82, 2.24) is 5.32 Å². The maximum atomic E-state index is 12.1. The Morgan fingerprint density at radius 2 is 1.62 bits per heavy atom. The Labute approximate surface area is 128 Å². The maximum Gasteiger partial charge on any atom is 0.408 e. The zero-order chi connectivity index (χ0) is 16.8. The number of hydrogen-bond acceptors (Lipinski definition) is 4. The van der Waals surface area contributed by atoms with Crippen LogP contribution in [0.15, 0.2) is 0 Å². The number of hydrogen-bond donors (Lipinski definition) is 1. The van der Waals surface area contributed by atoms with Crippen molar-refractivity contribution in [2.45, 2.75) is 67.0 Å². The molecule has 1 amide bonds. The molecule has 0 aromatic heterocycles. The standard InChI is InChI=1S/C16H30NO4/c1-11(2)12(17-14(19)21-16(6,7)8)13(18)20-10-9-15(3,4)5/h9,11-12H,10H2,1-8H3,(H,17,19). The second-order valence-electron chi connectivity index (χ2n) is 7.57. The highest BCUT2D eigenvalue weighted by atomic mass is 16.6. The predicted molar refractivity (Wildman–Crippen MR) is 82.7 cm³/mol. The van der Waals surface area contributed by atoms with Gasteiger partial charge in [0.05, 0.1) is 6.61 Å². The number of nitrogens with one attached hydrogen (secondary N) is 1. The van der Waals surface area contributed by atoms with Gasteiger partial charge in [-0.15, -0.1) is 0 Å². The van der Waals surface area contributed by atoms with E-state index in [4.69, 9.17) is 9.47 Å². The Kier molecular flexibility index (Phi) is 7.20. The third kappa shape index (κ3) is 10.2. The van der Waals surface area contributed by atoms with E-state index >= 15 is 0 Å². The predicted octanol–water partition coefficient (Wildman–Crippen LogP) is 3.33. The van der Waals surface area contributed by atoms with Crippen molar-refractivity contribution in [1.29, 1.82) is 0 Å². The van der Waals surface area contributed by atoms with Crippen molar-refractivity contribution in [2.24, 2.45) is 11.3 Å². The van der Waals surface area contributed by atoms with E-state index in [9.17, 15) is 9.59 Å². The van der Waals surface area contributed by atoms with Crippen molar-refractivity contribution in [2.75, 3.05) is 6.61 Å². The molecule has 5 nitrogen and oxygen atoms in total.